The number of amides is 1. The van der Waals surface area contributed by atoms with Crippen molar-refractivity contribution >= 4 is 6.09 Å². The number of likely N-dealkylation sites (tertiary alicyclic amines) is 1. The van der Waals surface area contributed by atoms with E-state index in [2.05, 4.69) is 12.4 Å². The van der Waals surface area contributed by atoms with Crippen molar-refractivity contribution in [3.05, 3.63) is 0 Å². The van der Waals surface area contributed by atoms with E-state index in [1.807, 2.05) is 25.7 Å². The first kappa shape index (κ1) is 16.6. The summed E-state index contributed by atoms with van der Waals surface area (Å²) >= 11 is 0. The molecule has 0 aromatic heterocycles. The molecule has 1 aliphatic carbocycles. The van der Waals surface area contributed by atoms with Gasteiger partial charge in [0.2, 0.25) is 0 Å². The Hall–Kier alpha value is -0.770. The summed E-state index contributed by atoms with van der Waals surface area (Å²) in [6.07, 6.45) is 8.41. The van der Waals surface area contributed by atoms with Crippen LogP contribution >= 0.6 is 0 Å². The molecule has 0 aromatic rings. The highest BCUT2D eigenvalue weighted by Crippen LogP contribution is 2.34. The fourth-order valence-corrected chi connectivity index (χ4v) is 3.93. The van der Waals surface area contributed by atoms with E-state index in [9.17, 15) is 4.79 Å². The van der Waals surface area contributed by atoms with Gasteiger partial charge in [-0.1, -0.05) is 12.8 Å². The van der Waals surface area contributed by atoms with E-state index in [-0.39, 0.29) is 6.09 Å². The van der Waals surface area contributed by atoms with Gasteiger partial charge in [0, 0.05) is 18.6 Å². The Morgan fingerprint density at radius 2 is 1.76 bits per heavy atom. The zero-order valence-electron chi connectivity index (χ0n) is 14.2. The SMILES string of the molecule is CNC1CCCCC1C1CCCCN1C(=O)OC(C)(C)C. The lowest BCUT2D eigenvalue weighted by Crippen LogP contribution is -2.54. The van der Waals surface area contributed by atoms with Crippen LogP contribution in [0.5, 0.6) is 0 Å². The molecule has 21 heavy (non-hydrogen) atoms. The number of hydrogen-bond acceptors (Lipinski definition) is 3. The summed E-state index contributed by atoms with van der Waals surface area (Å²) in [5, 5.41) is 3.48. The molecular weight excluding hydrogens is 264 g/mol. The second-order valence-corrected chi connectivity index (χ2v) is 7.58. The summed E-state index contributed by atoms with van der Waals surface area (Å²) in [6, 6.07) is 0.901. The lowest BCUT2D eigenvalue weighted by molar-refractivity contribution is -0.00491. The summed E-state index contributed by atoms with van der Waals surface area (Å²) in [4.78, 5) is 14.6. The monoisotopic (exact) mass is 296 g/mol. The molecule has 122 valence electrons. The predicted molar refractivity (Wildman–Crippen MR) is 85.4 cm³/mol. The van der Waals surface area contributed by atoms with Crippen molar-refractivity contribution in [2.75, 3.05) is 13.6 Å². The van der Waals surface area contributed by atoms with Crippen molar-refractivity contribution in [3.8, 4) is 0 Å². The molecule has 2 aliphatic rings. The first-order valence-electron chi connectivity index (χ1n) is 8.59. The summed E-state index contributed by atoms with van der Waals surface area (Å²) in [7, 11) is 2.06. The van der Waals surface area contributed by atoms with Crippen LogP contribution in [0.1, 0.15) is 65.7 Å². The Kier molecular flexibility index (Phi) is 5.53. The third-order valence-electron chi connectivity index (χ3n) is 4.86. The van der Waals surface area contributed by atoms with Gasteiger partial charge in [-0.15, -0.1) is 0 Å². The maximum atomic E-state index is 12.5. The Morgan fingerprint density at radius 1 is 1.10 bits per heavy atom. The number of ether oxygens (including phenoxy) is 1. The standard InChI is InChI=1S/C17H32N2O2/c1-17(2,3)21-16(20)19-12-8-7-11-15(19)13-9-5-6-10-14(13)18-4/h13-15,18H,5-12H2,1-4H3. The number of piperidine rings is 1. The molecule has 0 spiro atoms. The fourth-order valence-electron chi connectivity index (χ4n) is 3.93. The minimum atomic E-state index is -0.409. The van der Waals surface area contributed by atoms with Crippen LogP contribution in [0, 0.1) is 5.92 Å². The van der Waals surface area contributed by atoms with Crippen molar-refractivity contribution in [2.24, 2.45) is 5.92 Å². The first-order valence-corrected chi connectivity index (χ1v) is 8.59. The molecule has 0 aromatic carbocycles. The second kappa shape index (κ2) is 6.99. The second-order valence-electron chi connectivity index (χ2n) is 7.58. The van der Waals surface area contributed by atoms with Gasteiger partial charge >= 0.3 is 6.09 Å². The van der Waals surface area contributed by atoms with Crippen LogP contribution in [0.4, 0.5) is 4.79 Å². The van der Waals surface area contributed by atoms with Gasteiger partial charge < -0.3 is 15.0 Å². The van der Waals surface area contributed by atoms with E-state index < -0.39 is 5.60 Å². The normalized spacial score (nSPS) is 31.0. The summed E-state index contributed by atoms with van der Waals surface area (Å²) in [6.45, 7) is 6.69. The predicted octanol–water partition coefficient (Wildman–Crippen LogP) is 3.55. The summed E-state index contributed by atoms with van der Waals surface area (Å²) in [5.74, 6) is 0.580. The van der Waals surface area contributed by atoms with E-state index in [1.54, 1.807) is 0 Å². The van der Waals surface area contributed by atoms with Crippen molar-refractivity contribution in [3.63, 3.8) is 0 Å². The van der Waals surface area contributed by atoms with E-state index in [0.29, 0.717) is 18.0 Å². The number of rotatable bonds is 2. The van der Waals surface area contributed by atoms with Crippen molar-refractivity contribution in [1.29, 1.82) is 0 Å². The van der Waals surface area contributed by atoms with Gasteiger partial charge in [0.15, 0.2) is 0 Å². The molecule has 0 radical (unpaired) electrons. The molecule has 3 unspecified atom stereocenters. The molecule has 1 saturated carbocycles. The molecule has 4 heteroatoms. The summed E-state index contributed by atoms with van der Waals surface area (Å²) < 4.78 is 5.63. The molecule has 1 aliphatic heterocycles. The molecule has 0 bridgehead atoms. The van der Waals surface area contributed by atoms with Crippen molar-refractivity contribution in [1.82, 2.24) is 10.2 Å². The van der Waals surface area contributed by atoms with Crippen molar-refractivity contribution in [2.45, 2.75) is 83.4 Å². The highest BCUT2D eigenvalue weighted by molar-refractivity contribution is 5.68. The minimum Gasteiger partial charge on any atom is -0.444 e. The van der Waals surface area contributed by atoms with E-state index in [1.165, 1.54) is 32.1 Å². The largest absolute Gasteiger partial charge is 0.444 e. The van der Waals surface area contributed by atoms with Crippen molar-refractivity contribution < 1.29 is 9.53 Å². The average molecular weight is 296 g/mol. The molecule has 2 rings (SSSR count). The third-order valence-corrected chi connectivity index (χ3v) is 4.86. The van der Waals surface area contributed by atoms with E-state index in [4.69, 9.17) is 4.74 Å². The van der Waals surface area contributed by atoms with Gasteiger partial charge in [0.1, 0.15) is 5.60 Å². The van der Waals surface area contributed by atoms with Crippen LogP contribution in [0.2, 0.25) is 0 Å². The topological polar surface area (TPSA) is 41.6 Å². The van der Waals surface area contributed by atoms with Gasteiger partial charge in [-0.05, 0) is 65.8 Å². The number of nitrogens with zero attached hydrogens (tertiary/aromatic N) is 1. The highest BCUT2D eigenvalue weighted by Gasteiger charge is 2.39. The van der Waals surface area contributed by atoms with E-state index in [0.717, 1.165) is 19.4 Å². The highest BCUT2D eigenvalue weighted by atomic mass is 16.6. The molecule has 4 nitrogen and oxygen atoms in total. The van der Waals surface area contributed by atoms with Crippen LogP contribution in [-0.4, -0.2) is 42.3 Å². The number of nitrogens with one attached hydrogen (secondary N) is 1. The van der Waals surface area contributed by atoms with Gasteiger partial charge in [-0.3, -0.25) is 0 Å². The van der Waals surface area contributed by atoms with Gasteiger partial charge in [-0.2, -0.15) is 0 Å². The molecule has 1 N–H and O–H groups in total. The Morgan fingerprint density at radius 3 is 2.43 bits per heavy atom. The average Bonchev–Trinajstić information content (AvgIpc) is 2.45. The zero-order valence-corrected chi connectivity index (χ0v) is 14.2. The Balaban J connectivity index is 2.09. The van der Waals surface area contributed by atoms with Gasteiger partial charge in [0.25, 0.3) is 0 Å². The lowest BCUT2D eigenvalue weighted by atomic mass is 9.76. The first-order chi connectivity index (χ1) is 9.92. The van der Waals surface area contributed by atoms with Crippen LogP contribution < -0.4 is 5.32 Å². The quantitative estimate of drug-likeness (QED) is 0.847. The molecular formula is C17H32N2O2. The fraction of sp³-hybridized carbons (Fsp3) is 0.941. The Bertz CT molecular complexity index is 351. The molecule has 3 atom stereocenters. The molecule has 1 amide bonds. The molecule has 2 fully saturated rings. The Labute approximate surface area is 129 Å². The van der Waals surface area contributed by atoms with Gasteiger partial charge in [-0.25, -0.2) is 4.79 Å². The minimum absolute atomic E-state index is 0.118. The zero-order chi connectivity index (χ0) is 15.5. The molecule has 1 saturated heterocycles. The summed E-state index contributed by atoms with van der Waals surface area (Å²) in [5.41, 5.74) is -0.409. The van der Waals surface area contributed by atoms with Crippen LogP contribution in [0.25, 0.3) is 0 Å². The van der Waals surface area contributed by atoms with Crippen LogP contribution in [-0.2, 0) is 4.74 Å². The van der Waals surface area contributed by atoms with Gasteiger partial charge in [0.05, 0.1) is 0 Å². The smallest absolute Gasteiger partial charge is 0.410 e. The maximum absolute atomic E-state index is 12.5. The van der Waals surface area contributed by atoms with Crippen LogP contribution in [0.15, 0.2) is 0 Å². The van der Waals surface area contributed by atoms with Crippen LogP contribution in [0.3, 0.4) is 0 Å². The van der Waals surface area contributed by atoms with E-state index >= 15 is 0 Å². The number of carbonyl (C=O) groups excluding carboxylic acids is 1. The number of hydrogen-bond donors (Lipinski definition) is 1. The maximum Gasteiger partial charge on any atom is 0.410 e. The number of carbonyl (C=O) groups is 1. The third kappa shape index (κ3) is 4.35. The molecule has 1 heterocycles. The lowest BCUT2D eigenvalue weighted by Gasteiger charge is -2.45.